The molecule has 0 heterocycles. The Morgan fingerprint density at radius 3 is 2.34 bits per heavy atom. The largest absolute Gasteiger partial charge is 0.495 e. The summed E-state index contributed by atoms with van der Waals surface area (Å²) in [5, 5.41) is 4.86. The number of esters is 1. The van der Waals surface area contributed by atoms with Gasteiger partial charge in [-0.1, -0.05) is 33.1 Å². The minimum Gasteiger partial charge on any atom is -0.495 e. The fraction of sp³-hybridized carbons (Fsp3) is 0.571. The van der Waals surface area contributed by atoms with Crippen molar-refractivity contribution in [2.24, 2.45) is 0 Å². The molecule has 1 aliphatic rings. The number of imide groups is 1. The van der Waals surface area contributed by atoms with Crippen molar-refractivity contribution >= 4 is 27.9 Å². The van der Waals surface area contributed by atoms with Crippen molar-refractivity contribution in [2.75, 3.05) is 26.8 Å². The molecule has 0 aromatic heterocycles. The monoisotopic (exact) mass is 469 g/mol. The Morgan fingerprint density at radius 1 is 1.09 bits per heavy atom. The summed E-state index contributed by atoms with van der Waals surface area (Å²) in [5.41, 5.74) is -0.0593. The number of carbonyl (C=O) groups excluding carboxylic acids is 3. The first kappa shape index (κ1) is 25.6. The second-order valence-electron chi connectivity index (χ2n) is 7.39. The number of methoxy groups -OCH3 is 1. The van der Waals surface area contributed by atoms with E-state index >= 15 is 0 Å². The second kappa shape index (κ2) is 11.8. The second-order valence-corrected chi connectivity index (χ2v) is 9.29. The lowest BCUT2D eigenvalue weighted by Gasteiger charge is -2.22. The average Bonchev–Trinajstić information content (AvgIpc) is 2.78. The maximum Gasteiger partial charge on any atom is 0.338 e. The molecule has 0 unspecified atom stereocenters. The van der Waals surface area contributed by atoms with E-state index in [-0.39, 0.29) is 35.3 Å². The van der Waals surface area contributed by atoms with Gasteiger partial charge in [-0.15, -0.1) is 0 Å². The number of hydrogen-bond acceptors (Lipinski definition) is 7. The number of sulfonamides is 1. The zero-order chi connectivity index (χ0) is 23.7. The van der Waals surface area contributed by atoms with Crippen LogP contribution in [-0.4, -0.2) is 63.5 Å². The summed E-state index contributed by atoms with van der Waals surface area (Å²) in [6, 6.07) is 3.25. The smallest absolute Gasteiger partial charge is 0.338 e. The molecule has 10 nitrogen and oxygen atoms in total. The van der Waals surface area contributed by atoms with E-state index in [9.17, 15) is 22.8 Å². The number of benzene rings is 1. The molecule has 2 rings (SSSR count). The molecule has 2 N–H and O–H groups in total. The van der Waals surface area contributed by atoms with E-state index < -0.39 is 34.5 Å². The van der Waals surface area contributed by atoms with Gasteiger partial charge in [-0.25, -0.2) is 18.0 Å². The predicted octanol–water partition coefficient (Wildman–Crippen LogP) is 2.04. The minimum absolute atomic E-state index is 0.0320. The minimum atomic E-state index is -3.89. The maximum atomic E-state index is 12.9. The van der Waals surface area contributed by atoms with Gasteiger partial charge in [0.25, 0.3) is 5.91 Å². The number of ether oxygens (including phenoxy) is 2. The van der Waals surface area contributed by atoms with Gasteiger partial charge in [-0.2, -0.15) is 4.31 Å². The maximum absolute atomic E-state index is 12.9. The number of carbonyl (C=O) groups is 3. The Hall–Kier alpha value is -2.66. The Bertz CT molecular complexity index is 923. The van der Waals surface area contributed by atoms with Crippen molar-refractivity contribution in [3.05, 3.63) is 23.8 Å². The molecule has 0 radical (unpaired) electrons. The van der Waals surface area contributed by atoms with Crippen LogP contribution in [0.2, 0.25) is 0 Å². The average molecular weight is 470 g/mol. The number of rotatable bonds is 9. The molecule has 0 saturated heterocycles. The third-order valence-electron chi connectivity index (χ3n) is 5.25. The van der Waals surface area contributed by atoms with Crippen LogP contribution in [-0.2, 0) is 19.6 Å². The highest BCUT2D eigenvalue weighted by molar-refractivity contribution is 7.89. The van der Waals surface area contributed by atoms with Gasteiger partial charge in [0.2, 0.25) is 10.0 Å². The molecule has 1 aromatic rings. The quantitative estimate of drug-likeness (QED) is 0.529. The molecule has 1 saturated carbocycles. The first-order valence-electron chi connectivity index (χ1n) is 10.7. The highest BCUT2D eigenvalue weighted by atomic mass is 32.2. The number of amides is 3. The summed E-state index contributed by atoms with van der Waals surface area (Å²) in [5.74, 6) is -1.59. The third kappa shape index (κ3) is 6.67. The standard InChI is InChI=1S/C21H31N3O7S/c1-4-24(5-2)32(28,29)18-13-15(11-12-17(18)30-3)20(26)31-14-19(25)23-21(27)22-16-9-7-6-8-10-16/h11-13,16H,4-10,14H2,1-3H3,(H2,22,23,25,27). The molecule has 11 heteroatoms. The molecular weight excluding hydrogens is 438 g/mol. The van der Waals surface area contributed by atoms with Crippen molar-refractivity contribution < 1.29 is 32.3 Å². The summed E-state index contributed by atoms with van der Waals surface area (Å²) >= 11 is 0. The molecule has 1 aromatic carbocycles. The summed E-state index contributed by atoms with van der Waals surface area (Å²) in [6.07, 6.45) is 4.94. The SMILES string of the molecule is CCN(CC)S(=O)(=O)c1cc(C(=O)OCC(=O)NC(=O)NC2CCCCC2)ccc1OC. The van der Waals surface area contributed by atoms with E-state index in [0.29, 0.717) is 0 Å². The molecule has 32 heavy (non-hydrogen) atoms. The van der Waals surface area contributed by atoms with Crippen LogP contribution in [0, 0.1) is 0 Å². The Kier molecular flexibility index (Phi) is 9.45. The fourth-order valence-electron chi connectivity index (χ4n) is 3.55. The molecule has 1 fully saturated rings. The fourth-order valence-corrected chi connectivity index (χ4v) is 5.19. The van der Waals surface area contributed by atoms with E-state index in [1.807, 2.05) is 0 Å². The molecule has 0 atom stereocenters. The molecule has 1 aliphatic carbocycles. The number of nitrogens with zero attached hydrogens (tertiary/aromatic N) is 1. The first-order valence-corrected chi connectivity index (χ1v) is 12.1. The Balaban J connectivity index is 2.00. The van der Waals surface area contributed by atoms with Crippen LogP contribution >= 0.6 is 0 Å². The molecule has 0 spiro atoms. The first-order chi connectivity index (χ1) is 15.2. The van der Waals surface area contributed by atoms with Crippen LogP contribution in [0.5, 0.6) is 5.75 Å². The van der Waals surface area contributed by atoms with Crippen molar-refractivity contribution in [1.82, 2.24) is 14.9 Å². The third-order valence-corrected chi connectivity index (χ3v) is 7.32. The van der Waals surface area contributed by atoms with Gasteiger partial charge in [0.15, 0.2) is 6.61 Å². The number of hydrogen-bond donors (Lipinski definition) is 2. The van der Waals surface area contributed by atoms with Crippen molar-refractivity contribution in [3.8, 4) is 5.75 Å². The zero-order valence-corrected chi connectivity index (χ0v) is 19.5. The van der Waals surface area contributed by atoms with Gasteiger partial charge < -0.3 is 14.8 Å². The van der Waals surface area contributed by atoms with E-state index in [1.54, 1.807) is 13.8 Å². The molecule has 178 valence electrons. The van der Waals surface area contributed by atoms with Gasteiger partial charge in [0.05, 0.1) is 12.7 Å². The lowest BCUT2D eigenvalue weighted by molar-refractivity contribution is -0.123. The summed E-state index contributed by atoms with van der Waals surface area (Å²) in [7, 11) is -2.56. The Labute approximate surface area is 188 Å². The van der Waals surface area contributed by atoms with Crippen molar-refractivity contribution in [1.29, 1.82) is 0 Å². The lowest BCUT2D eigenvalue weighted by Crippen LogP contribution is -2.46. The van der Waals surface area contributed by atoms with Gasteiger partial charge >= 0.3 is 12.0 Å². The molecular formula is C21H31N3O7S. The Morgan fingerprint density at radius 2 is 1.75 bits per heavy atom. The van der Waals surface area contributed by atoms with Crippen molar-refractivity contribution in [3.63, 3.8) is 0 Å². The highest BCUT2D eigenvalue weighted by Gasteiger charge is 2.27. The number of nitrogens with one attached hydrogen (secondary N) is 2. The van der Waals surface area contributed by atoms with Crippen LogP contribution in [0.1, 0.15) is 56.3 Å². The van der Waals surface area contributed by atoms with Gasteiger partial charge in [-0.3, -0.25) is 10.1 Å². The molecule has 0 aliphatic heterocycles. The van der Waals surface area contributed by atoms with Crippen LogP contribution in [0.3, 0.4) is 0 Å². The predicted molar refractivity (Wildman–Crippen MR) is 117 cm³/mol. The number of urea groups is 1. The van der Waals surface area contributed by atoms with Gasteiger partial charge in [-0.05, 0) is 31.0 Å². The van der Waals surface area contributed by atoms with Crippen LogP contribution in [0.4, 0.5) is 4.79 Å². The normalized spacial score (nSPS) is 14.6. The van der Waals surface area contributed by atoms with E-state index in [0.717, 1.165) is 38.2 Å². The van der Waals surface area contributed by atoms with E-state index in [2.05, 4.69) is 10.6 Å². The molecule has 3 amide bonds. The van der Waals surface area contributed by atoms with Crippen LogP contribution < -0.4 is 15.4 Å². The topological polar surface area (TPSA) is 131 Å². The highest BCUT2D eigenvalue weighted by Crippen LogP contribution is 2.28. The van der Waals surface area contributed by atoms with Crippen LogP contribution in [0.25, 0.3) is 0 Å². The van der Waals surface area contributed by atoms with Gasteiger partial charge in [0.1, 0.15) is 10.6 Å². The zero-order valence-electron chi connectivity index (χ0n) is 18.7. The van der Waals surface area contributed by atoms with E-state index in [1.165, 1.54) is 23.5 Å². The summed E-state index contributed by atoms with van der Waals surface area (Å²) in [6.45, 7) is 3.23. The van der Waals surface area contributed by atoms with Crippen LogP contribution in [0.15, 0.2) is 23.1 Å². The lowest BCUT2D eigenvalue weighted by atomic mass is 9.96. The molecule has 0 bridgehead atoms. The summed E-state index contributed by atoms with van der Waals surface area (Å²) in [4.78, 5) is 36.1. The van der Waals surface area contributed by atoms with Gasteiger partial charge in [0, 0.05) is 19.1 Å². The van der Waals surface area contributed by atoms with Crippen molar-refractivity contribution in [2.45, 2.75) is 56.9 Å². The summed E-state index contributed by atoms with van der Waals surface area (Å²) < 4.78 is 37.1. The van der Waals surface area contributed by atoms with E-state index in [4.69, 9.17) is 9.47 Å².